The van der Waals surface area contributed by atoms with Gasteiger partial charge in [0.25, 0.3) is 0 Å². The average molecular weight is 258 g/mol. The van der Waals surface area contributed by atoms with Crippen molar-refractivity contribution in [2.24, 2.45) is 5.92 Å². The first-order chi connectivity index (χ1) is 8.63. The number of aliphatic hydroxyl groups is 1. The zero-order chi connectivity index (χ0) is 13.6. The number of unbranched alkanes of at least 4 members (excludes halogenated alkanes) is 7. The summed E-state index contributed by atoms with van der Waals surface area (Å²) in [7, 11) is 0. The van der Waals surface area contributed by atoms with E-state index in [9.17, 15) is 0 Å². The first kappa shape index (κ1) is 17.9. The first-order valence-electron chi connectivity index (χ1n) is 7.88. The monoisotopic (exact) mass is 258 g/mol. The average Bonchev–Trinajstić information content (AvgIpc) is 2.29. The fourth-order valence-corrected chi connectivity index (χ4v) is 2.07. The van der Waals surface area contributed by atoms with E-state index in [2.05, 4.69) is 13.8 Å². The number of ether oxygens (including phenoxy) is 1. The van der Waals surface area contributed by atoms with Crippen molar-refractivity contribution in [3.63, 3.8) is 0 Å². The van der Waals surface area contributed by atoms with Gasteiger partial charge in [-0.05, 0) is 19.3 Å². The fraction of sp³-hybridized carbons (Fsp3) is 1.00. The highest BCUT2D eigenvalue weighted by Crippen LogP contribution is 2.12. The third-order valence-corrected chi connectivity index (χ3v) is 3.18. The van der Waals surface area contributed by atoms with Crippen LogP contribution in [0.3, 0.4) is 0 Å². The molecular weight excluding hydrogens is 224 g/mol. The van der Waals surface area contributed by atoms with Crippen molar-refractivity contribution in [1.29, 1.82) is 0 Å². The van der Waals surface area contributed by atoms with E-state index in [0.29, 0.717) is 6.61 Å². The quantitative estimate of drug-likeness (QED) is 0.491. The van der Waals surface area contributed by atoms with Crippen LogP contribution in [0.4, 0.5) is 0 Å². The molecule has 0 rings (SSSR count). The molecule has 0 aliphatic carbocycles. The lowest BCUT2D eigenvalue weighted by Crippen LogP contribution is -2.10. The lowest BCUT2D eigenvalue weighted by Gasteiger charge is -2.06. The van der Waals surface area contributed by atoms with E-state index in [1.165, 1.54) is 51.4 Å². The Morgan fingerprint density at radius 1 is 0.778 bits per heavy atom. The van der Waals surface area contributed by atoms with Crippen molar-refractivity contribution in [2.75, 3.05) is 13.2 Å². The highest BCUT2D eigenvalue weighted by Gasteiger charge is 1.96. The van der Waals surface area contributed by atoms with E-state index in [1.54, 1.807) is 6.92 Å². The molecule has 18 heavy (non-hydrogen) atoms. The van der Waals surface area contributed by atoms with Crippen LogP contribution in [0, 0.1) is 5.92 Å². The molecule has 0 aliphatic heterocycles. The normalized spacial score (nSPS) is 13.2. The van der Waals surface area contributed by atoms with Crippen molar-refractivity contribution in [3.8, 4) is 0 Å². The third kappa shape index (κ3) is 15.9. The van der Waals surface area contributed by atoms with Crippen LogP contribution in [0.2, 0.25) is 0 Å². The van der Waals surface area contributed by atoms with Gasteiger partial charge >= 0.3 is 0 Å². The van der Waals surface area contributed by atoms with Gasteiger partial charge in [0.15, 0.2) is 0 Å². The smallest absolute Gasteiger partial charge is 0.0745 e. The Hall–Kier alpha value is -0.0800. The molecule has 0 aromatic carbocycles. The SMILES string of the molecule is CC(C)CCCCCCCCCCOCC(C)O. The van der Waals surface area contributed by atoms with Gasteiger partial charge in [-0.25, -0.2) is 0 Å². The molecule has 110 valence electrons. The minimum absolute atomic E-state index is 0.323. The van der Waals surface area contributed by atoms with Crippen molar-refractivity contribution in [2.45, 2.75) is 84.7 Å². The Bertz CT molecular complexity index is 137. The van der Waals surface area contributed by atoms with Crippen LogP contribution >= 0.6 is 0 Å². The van der Waals surface area contributed by atoms with Crippen LogP contribution in [-0.2, 0) is 4.74 Å². The van der Waals surface area contributed by atoms with Crippen molar-refractivity contribution in [3.05, 3.63) is 0 Å². The predicted octanol–water partition coefficient (Wildman–Crippen LogP) is 4.55. The van der Waals surface area contributed by atoms with Gasteiger partial charge in [0, 0.05) is 6.61 Å². The summed E-state index contributed by atoms with van der Waals surface area (Å²) >= 11 is 0. The summed E-state index contributed by atoms with van der Waals surface area (Å²) < 4.78 is 5.33. The van der Waals surface area contributed by atoms with Gasteiger partial charge in [-0.1, -0.05) is 65.2 Å². The maximum absolute atomic E-state index is 9.01. The number of rotatable bonds is 13. The highest BCUT2D eigenvalue weighted by atomic mass is 16.5. The molecule has 0 saturated heterocycles. The van der Waals surface area contributed by atoms with Crippen LogP contribution < -0.4 is 0 Å². The van der Waals surface area contributed by atoms with Gasteiger partial charge in [0.2, 0.25) is 0 Å². The summed E-state index contributed by atoms with van der Waals surface area (Å²) in [5.41, 5.74) is 0. The van der Waals surface area contributed by atoms with Crippen LogP contribution in [0.5, 0.6) is 0 Å². The molecule has 2 heteroatoms. The van der Waals surface area contributed by atoms with Crippen molar-refractivity contribution in [1.82, 2.24) is 0 Å². The summed E-state index contributed by atoms with van der Waals surface area (Å²) in [5.74, 6) is 0.867. The Balaban J connectivity index is 2.95. The Morgan fingerprint density at radius 2 is 1.28 bits per heavy atom. The van der Waals surface area contributed by atoms with E-state index in [4.69, 9.17) is 9.84 Å². The zero-order valence-corrected chi connectivity index (χ0v) is 12.8. The molecule has 0 aromatic heterocycles. The lowest BCUT2D eigenvalue weighted by molar-refractivity contribution is 0.0445. The summed E-state index contributed by atoms with van der Waals surface area (Å²) in [6.07, 6.45) is 11.8. The largest absolute Gasteiger partial charge is 0.391 e. The fourth-order valence-electron chi connectivity index (χ4n) is 2.07. The van der Waals surface area contributed by atoms with E-state index in [1.807, 2.05) is 0 Å². The van der Waals surface area contributed by atoms with E-state index in [0.717, 1.165) is 18.9 Å². The second kappa shape index (κ2) is 13.4. The van der Waals surface area contributed by atoms with Crippen LogP contribution in [0.25, 0.3) is 0 Å². The van der Waals surface area contributed by atoms with E-state index < -0.39 is 0 Å². The van der Waals surface area contributed by atoms with Gasteiger partial charge < -0.3 is 9.84 Å². The maximum Gasteiger partial charge on any atom is 0.0745 e. The molecule has 2 nitrogen and oxygen atoms in total. The molecule has 0 spiro atoms. The maximum atomic E-state index is 9.01. The van der Waals surface area contributed by atoms with Crippen molar-refractivity contribution < 1.29 is 9.84 Å². The van der Waals surface area contributed by atoms with Gasteiger partial charge in [0.1, 0.15) is 0 Å². The highest BCUT2D eigenvalue weighted by molar-refractivity contribution is 4.50. The van der Waals surface area contributed by atoms with E-state index in [-0.39, 0.29) is 6.10 Å². The summed E-state index contributed by atoms with van der Waals surface area (Å²) in [6, 6.07) is 0. The summed E-state index contributed by atoms with van der Waals surface area (Å²) in [6.45, 7) is 7.66. The third-order valence-electron chi connectivity index (χ3n) is 3.18. The topological polar surface area (TPSA) is 29.5 Å². The van der Waals surface area contributed by atoms with Gasteiger partial charge in [-0.15, -0.1) is 0 Å². The van der Waals surface area contributed by atoms with Gasteiger partial charge in [-0.2, -0.15) is 0 Å². The molecule has 1 atom stereocenters. The molecule has 0 radical (unpaired) electrons. The number of hydrogen-bond acceptors (Lipinski definition) is 2. The predicted molar refractivity (Wildman–Crippen MR) is 78.9 cm³/mol. The molecule has 1 N–H and O–H groups in total. The Labute approximate surface area is 114 Å². The molecular formula is C16H34O2. The Kier molecular flexibility index (Phi) is 13.3. The van der Waals surface area contributed by atoms with Crippen LogP contribution in [0.15, 0.2) is 0 Å². The molecule has 0 amide bonds. The second-order valence-corrected chi connectivity index (χ2v) is 5.93. The van der Waals surface area contributed by atoms with Crippen molar-refractivity contribution >= 4 is 0 Å². The lowest BCUT2D eigenvalue weighted by atomic mass is 10.0. The minimum atomic E-state index is -0.323. The molecule has 1 unspecified atom stereocenters. The van der Waals surface area contributed by atoms with E-state index >= 15 is 0 Å². The molecule has 0 aromatic rings. The van der Waals surface area contributed by atoms with Gasteiger partial charge in [-0.3, -0.25) is 0 Å². The minimum Gasteiger partial charge on any atom is -0.391 e. The molecule has 0 saturated carbocycles. The number of aliphatic hydroxyl groups excluding tert-OH is 1. The van der Waals surface area contributed by atoms with Crippen LogP contribution in [-0.4, -0.2) is 24.4 Å². The Morgan fingerprint density at radius 3 is 1.78 bits per heavy atom. The summed E-state index contributed by atoms with van der Waals surface area (Å²) in [5, 5.41) is 9.01. The zero-order valence-electron chi connectivity index (χ0n) is 12.8. The molecule has 0 bridgehead atoms. The molecule has 0 fully saturated rings. The van der Waals surface area contributed by atoms with Crippen LogP contribution in [0.1, 0.15) is 78.6 Å². The second-order valence-electron chi connectivity index (χ2n) is 5.93. The number of hydrogen-bond donors (Lipinski definition) is 1. The summed E-state index contributed by atoms with van der Waals surface area (Å²) in [4.78, 5) is 0. The first-order valence-corrected chi connectivity index (χ1v) is 7.88. The van der Waals surface area contributed by atoms with Gasteiger partial charge in [0.05, 0.1) is 12.7 Å². The molecule has 0 heterocycles. The standard InChI is InChI=1S/C16H34O2/c1-15(2)12-10-8-6-4-5-7-9-11-13-18-14-16(3)17/h15-17H,4-14H2,1-3H3. The molecule has 0 aliphatic rings.